The lowest BCUT2D eigenvalue weighted by atomic mass is 9.80. The van der Waals surface area contributed by atoms with E-state index in [1.807, 2.05) is 13.8 Å². The van der Waals surface area contributed by atoms with Crippen molar-refractivity contribution in [2.24, 2.45) is 11.8 Å². The molecule has 1 saturated heterocycles. The van der Waals surface area contributed by atoms with Gasteiger partial charge in [0.05, 0.1) is 12.0 Å². The maximum absolute atomic E-state index is 11.1. The van der Waals surface area contributed by atoms with Gasteiger partial charge in [-0.15, -0.1) is 0 Å². The maximum Gasteiger partial charge on any atom is 0.308 e. The van der Waals surface area contributed by atoms with Crippen molar-refractivity contribution in [2.75, 3.05) is 6.54 Å². The number of hydrogen-bond donors (Lipinski definition) is 3. The normalized spacial score (nSPS) is 32.9. The van der Waals surface area contributed by atoms with Gasteiger partial charge in [0, 0.05) is 5.54 Å². The highest BCUT2D eigenvalue weighted by atomic mass is 16.4. The molecule has 4 nitrogen and oxygen atoms in total. The molecule has 0 amide bonds. The van der Waals surface area contributed by atoms with E-state index in [9.17, 15) is 9.90 Å². The summed E-state index contributed by atoms with van der Waals surface area (Å²) in [7, 11) is 0. The second-order valence-electron chi connectivity index (χ2n) is 4.76. The number of carbonyl (C=O) groups is 1. The Kier molecular flexibility index (Phi) is 3.17. The summed E-state index contributed by atoms with van der Waals surface area (Å²) in [6.45, 7) is 6.17. The van der Waals surface area contributed by atoms with Crippen LogP contribution in [0.25, 0.3) is 0 Å². The van der Waals surface area contributed by atoms with Crippen LogP contribution < -0.4 is 5.32 Å². The minimum Gasteiger partial charge on any atom is -0.481 e. The summed E-state index contributed by atoms with van der Waals surface area (Å²) in [5, 5.41) is 21.6. The number of nitrogens with one attached hydrogen (secondary N) is 1. The first-order valence-corrected chi connectivity index (χ1v) is 5.00. The monoisotopic (exact) mass is 201 g/mol. The average molecular weight is 201 g/mol. The van der Waals surface area contributed by atoms with E-state index >= 15 is 0 Å². The van der Waals surface area contributed by atoms with E-state index in [0.29, 0.717) is 13.0 Å². The van der Waals surface area contributed by atoms with Crippen molar-refractivity contribution in [1.29, 1.82) is 0 Å². The largest absolute Gasteiger partial charge is 0.481 e. The summed E-state index contributed by atoms with van der Waals surface area (Å²) in [4.78, 5) is 11.1. The van der Waals surface area contributed by atoms with Gasteiger partial charge in [-0.05, 0) is 39.7 Å². The molecule has 4 heteroatoms. The fourth-order valence-corrected chi connectivity index (χ4v) is 2.38. The third-order valence-electron chi connectivity index (χ3n) is 2.98. The molecule has 0 aromatic carbocycles. The molecule has 1 aliphatic rings. The van der Waals surface area contributed by atoms with Gasteiger partial charge in [-0.3, -0.25) is 4.79 Å². The molecule has 3 atom stereocenters. The molecular weight excluding hydrogens is 182 g/mol. The second-order valence-corrected chi connectivity index (χ2v) is 4.76. The Bertz CT molecular complexity index is 225. The van der Waals surface area contributed by atoms with Gasteiger partial charge >= 0.3 is 5.97 Å². The van der Waals surface area contributed by atoms with Gasteiger partial charge < -0.3 is 15.5 Å². The van der Waals surface area contributed by atoms with Crippen molar-refractivity contribution in [1.82, 2.24) is 5.32 Å². The molecule has 1 aliphatic heterocycles. The molecule has 1 fully saturated rings. The van der Waals surface area contributed by atoms with E-state index in [-0.39, 0.29) is 11.5 Å². The number of carboxylic acids is 1. The first-order chi connectivity index (χ1) is 6.34. The zero-order valence-corrected chi connectivity index (χ0v) is 8.95. The topological polar surface area (TPSA) is 69.6 Å². The molecule has 0 saturated carbocycles. The zero-order valence-electron chi connectivity index (χ0n) is 8.95. The molecule has 0 radical (unpaired) electrons. The van der Waals surface area contributed by atoms with Crippen molar-refractivity contribution in [3.05, 3.63) is 0 Å². The van der Waals surface area contributed by atoms with E-state index in [0.717, 1.165) is 0 Å². The Morgan fingerprint density at radius 3 is 2.64 bits per heavy atom. The summed E-state index contributed by atoms with van der Waals surface area (Å²) in [6, 6.07) is 0. The summed E-state index contributed by atoms with van der Waals surface area (Å²) in [6.07, 6.45) is 0.116. The second kappa shape index (κ2) is 3.87. The molecule has 0 aromatic rings. The first-order valence-electron chi connectivity index (χ1n) is 5.00. The molecule has 1 unspecified atom stereocenters. The highest BCUT2D eigenvalue weighted by molar-refractivity contribution is 5.72. The minimum atomic E-state index is -0.773. The van der Waals surface area contributed by atoms with Crippen LogP contribution in [0.5, 0.6) is 0 Å². The van der Waals surface area contributed by atoms with Gasteiger partial charge in [0.25, 0.3) is 0 Å². The molecule has 0 bridgehead atoms. The summed E-state index contributed by atoms with van der Waals surface area (Å²) < 4.78 is 0. The Morgan fingerprint density at radius 1 is 1.64 bits per heavy atom. The molecule has 1 rings (SSSR count). The fourth-order valence-electron chi connectivity index (χ4n) is 2.38. The Hall–Kier alpha value is -0.610. The van der Waals surface area contributed by atoms with Crippen molar-refractivity contribution in [2.45, 2.75) is 38.8 Å². The number of aliphatic carboxylic acids is 1. The van der Waals surface area contributed by atoms with E-state index in [1.165, 1.54) is 0 Å². The average Bonchev–Trinajstić information content (AvgIpc) is 2.24. The van der Waals surface area contributed by atoms with Gasteiger partial charge in [-0.2, -0.15) is 0 Å². The van der Waals surface area contributed by atoms with Crippen LogP contribution in [0.15, 0.2) is 0 Å². The zero-order chi connectivity index (χ0) is 10.9. The van der Waals surface area contributed by atoms with Crippen LogP contribution in [0.3, 0.4) is 0 Å². The Balaban J connectivity index is 2.74. The van der Waals surface area contributed by atoms with Crippen LogP contribution in [-0.4, -0.2) is 34.4 Å². The van der Waals surface area contributed by atoms with Crippen LogP contribution in [-0.2, 0) is 4.79 Å². The first kappa shape index (κ1) is 11.5. The number of carboxylic acid groups (broad SMARTS) is 1. The van der Waals surface area contributed by atoms with E-state index in [1.54, 1.807) is 6.92 Å². The predicted molar refractivity (Wildman–Crippen MR) is 53.0 cm³/mol. The molecule has 1 heterocycles. The quantitative estimate of drug-likeness (QED) is 0.620. The van der Waals surface area contributed by atoms with Gasteiger partial charge in [-0.25, -0.2) is 0 Å². The maximum atomic E-state index is 11.1. The highest BCUT2D eigenvalue weighted by Crippen LogP contribution is 2.33. The number of aliphatic hydroxyl groups excluding tert-OH is 1. The van der Waals surface area contributed by atoms with Gasteiger partial charge in [0.15, 0.2) is 0 Å². The minimum absolute atomic E-state index is 0.0301. The molecule has 0 spiro atoms. The summed E-state index contributed by atoms with van der Waals surface area (Å²) >= 11 is 0. The third kappa shape index (κ3) is 2.25. The Morgan fingerprint density at radius 2 is 2.21 bits per heavy atom. The fraction of sp³-hybridized carbons (Fsp3) is 0.900. The van der Waals surface area contributed by atoms with Crippen molar-refractivity contribution in [3.8, 4) is 0 Å². The number of hydrogen-bond acceptors (Lipinski definition) is 3. The van der Waals surface area contributed by atoms with Crippen LogP contribution in [0, 0.1) is 11.8 Å². The molecule has 3 N–H and O–H groups in total. The standard InChI is InChI=1S/C10H19NO3/c1-6(12)4-7-5-11-10(2,3)8(7)9(13)14/h6-8,11-12H,4-5H2,1-3H3,(H,13,14)/t6-,7?,8+/m0/s1. The van der Waals surface area contributed by atoms with Crippen molar-refractivity contribution >= 4 is 5.97 Å². The van der Waals surface area contributed by atoms with Crippen molar-refractivity contribution in [3.63, 3.8) is 0 Å². The summed E-state index contributed by atoms with van der Waals surface area (Å²) in [5.74, 6) is -1.15. The van der Waals surface area contributed by atoms with E-state index in [4.69, 9.17) is 5.11 Å². The third-order valence-corrected chi connectivity index (χ3v) is 2.98. The smallest absolute Gasteiger partial charge is 0.308 e. The molecule has 14 heavy (non-hydrogen) atoms. The number of rotatable bonds is 3. The van der Waals surface area contributed by atoms with Crippen LogP contribution in [0.4, 0.5) is 0 Å². The summed E-state index contributed by atoms with van der Waals surface area (Å²) in [5.41, 5.74) is -0.370. The van der Waals surface area contributed by atoms with Crippen LogP contribution in [0.1, 0.15) is 27.2 Å². The van der Waals surface area contributed by atoms with Crippen molar-refractivity contribution < 1.29 is 15.0 Å². The van der Waals surface area contributed by atoms with Gasteiger partial charge in [-0.1, -0.05) is 0 Å². The molecule has 0 aliphatic carbocycles. The Labute approximate surface area is 84.3 Å². The van der Waals surface area contributed by atoms with Gasteiger partial charge in [0.2, 0.25) is 0 Å². The van der Waals surface area contributed by atoms with E-state index in [2.05, 4.69) is 5.32 Å². The SMILES string of the molecule is C[C@H](O)CC1CNC(C)(C)[C@H]1C(=O)O. The van der Waals surface area contributed by atoms with Crippen LogP contribution in [0.2, 0.25) is 0 Å². The highest BCUT2D eigenvalue weighted by Gasteiger charge is 2.46. The lowest BCUT2D eigenvalue weighted by molar-refractivity contribution is -0.145. The predicted octanol–water partition coefficient (Wildman–Crippen LogP) is 0.456. The number of aliphatic hydroxyl groups is 1. The molecular formula is C10H19NO3. The lowest BCUT2D eigenvalue weighted by Gasteiger charge is -2.26. The molecule has 0 aromatic heterocycles. The molecule has 82 valence electrons. The van der Waals surface area contributed by atoms with Crippen LogP contribution >= 0.6 is 0 Å². The van der Waals surface area contributed by atoms with Gasteiger partial charge in [0.1, 0.15) is 0 Å². The van der Waals surface area contributed by atoms with E-state index < -0.39 is 18.0 Å². The lowest BCUT2D eigenvalue weighted by Crippen LogP contribution is -2.42.